The highest BCUT2D eigenvalue weighted by Gasteiger charge is 2.30. The number of aliphatic imine (C=N–C) groups is 1. The van der Waals surface area contributed by atoms with E-state index in [4.69, 9.17) is 10.1 Å². The molecule has 13 nitrogen and oxygen atoms in total. The number of para-hydroxylation sites is 3. The Hall–Kier alpha value is -5.85. The standard InChI is InChI=1S/C20H19N3.C6H3N3O7/c1-4-10-17(11-5-1)21-16-20(22-18-12-6-2-7-13-18)23-19-14-8-3-9-15-19;10-6-4(8(13)14)1-3(7(11)12)2-5(6)9(15)16/h1-15,21H,16H2,(H,22,23);1-2,10H. The molecule has 0 aromatic heterocycles. The molecule has 0 aliphatic heterocycles. The van der Waals surface area contributed by atoms with Crippen LogP contribution in [0.4, 0.5) is 34.1 Å². The number of benzene rings is 4. The smallest absolute Gasteiger partial charge is 0.324 e. The van der Waals surface area contributed by atoms with Crippen LogP contribution in [0.15, 0.2) is 108 Å². The van der Waals surface area contributed by atoms with E-state index in [9.17, 15) is 30.3 Å². The fourth-order valence-corrected chi connectivity index (χ4v) is 3.17. The van der Waals surface area contributed by atoms with E-state index in [2.05, 4.69) is 10.6 Å². The summed E-state index contributed by atoms with van der Waals surface area (Å²) in [5.74, 6) is -0.341. The number of hydrogen-bond donors (Lipinski definition) is 3. The summed E-state index contributed by atoms with van der Waals surface area (Å²) in [6.07, 6.45) is 0. The summed E-state index contributed by atoms with van der Waals surface area (Å²) in [6.45, 7) is 0.619. The molecule has 0 atom stereocenters. The number of nitrogens with one attached hydrogen (secondary N) is 2. The van der Waals surface area contributed by atoms with Crippen molar-refractivity contribution < 1.29 is 19.9 Å². The number of amidine groups is 1. The second-order valence-corrected chi connectivity index (χ2v) is 7.71. The number of rotatable bonds is 8. The van der Waals surface area contributed by atoms with Crippen LogP contribution in [0.2, 0.25) is 0 Å². The molecule has 0 aliphatic carbocycles. The monoisotopic (exact) mass is 530 g/mol. The van der Waals surface area contributed by atoms with Crippen LogP contribution in [0.1, 0.15) is 0 Å². The molecule has 13 heteroatoms. The predicted octanol–water partition coefficient (Wildman–Crippen LogP) is 6.06. The number of aromatic hydroxyl groups is 1. The van der Waals surface area contributed by atoms with Crippen molar-refractivity contribution in [2.24, 2.45) is 4.99 Å². The molecule has 0 saturated heterocycles. The maximum atomic E-state index is 10.4. The van der Waals surface area contributed by atoms with E-state index in [1.807, 2.05) is 91.0 Å². The average Bonchev–Trinajstić information content (AvgIpc) is 2.93. The molecule has 0 heterocycles. The van der Waals surface area contributed by atoms with E-state index >= 15 is 0 Å². The Morgan fingerprint density at radius 2 is 1.15 bits per heavy atom. The Kier molecular flexibility index (Phi) is 9.57. The molecule has 0 aliphatic rings. The van der Waals surface area contributed by atoms with Crippen molar-refractivity contribution in [3.05, 3.63) is 133 Å². The molecule has 0 radical (unpaired) electrons. The first-order valence-corrected chi connectivity index (χ1v) is 11.3. The van der Waals surface area contributed by atoms with Gasteiger partial charge in [-0.3, -0.25) is 30.3 Å². The van der Waals surface area contributed by atoms with Gasteiger partial charge in [0.15, 0.2) is 0 Å². The first-order valence-electron chi connectivity index (χ1n) is 11.3. The summed E-state index contributed by atoms with van der Waals surface area (Å²) in [7, 11) is 0. The highest BCUT2D eigenvalue weighted by Crippen LogP contribution is 2.38. The van der Waals surface area contributed by atoms with Gasteiger partial charge in [-0.2, -0.15) is 0 Å². The highest BCUT2D eigenvalue weighted by molar-refractivity contribution is 5.99. The molecule has 0 spiro atoms. The minimum Gasteiger partial charge on any atom is -0.497 e. The van der Waals surface area contributed by atoms with Crippen LogP contribution < -0.4 is 10.6 Å². The zero-order valence-electron chi connectivity index (χ0n) is 20.2. The first kappa shape index (κ1) is 27.7. The Morgan fingerprint density at radius 1 is 0.692 bits per heavy atom. The normalized spacial score (nSPS) is 10.5. The number of nitro groups is 3. The molecule has 0 amide bonds. The Morgan fingerprint density at radius 3 is 1.62 bits per heavy atom. The Labute approximate surface area is 221 Å². The lowest BCUT2D eigenvalue weighted by molar-refractivity contribution is -0.404. The van der Waals surface area contributed by atoms with Gasteiger partial charge in [0.05, 0.1) is 39.1 Å². The summed E-state index contributed by atoms with van der Waals surface area (Å²) in [4.78, 5) is 32.5. The summed E-state index contributed by atoms with van der Waals surface area (Å²) in [5.41, 5.74) is 0.0268. The lowest BCUT2D eigenvalue weighted by Gasteiger charge is -2.12. The second-order valence-electron chi connectivity index (χ2n) is 7.71. The van der Waals surface area contributed by atoms with E-state index in [1.54, 1.807) is 0 Å². The van der Waals surface area contributed by atoms with Crippen LogP contribution in [0.3, 0.4) is 0 Å². The van der Waals surface area contributed by atoms with Gasteiger partial charge in [0.2, 0.25) is 0 Å². The van der Waals surface area contributed by atoms with Gasteiger partial charge in [-0.25, -0.2) is 4.99 Å². The first-order chi connectivity index (χ1) is 18.7. The third kappa shape index (κ3) is 8.35. The fourth-order valence-electron chi connectivity index (χ4n) is 3.17. The number of non-ortho nitro benzene ring substituents is 1. The van der Waals surface area contributed by atoms with Gasteiger partial charge in [0.25, 0.3) is 11.4 Å². The molecule has 4 rings (SSSR count). The lowest BCUT2D eigenvalue weighted by atomic mass is 10.2. The van der Waals surface area contributed by atoms with Gasteiger partial charge < -0.3 is 15.7 Å². The van der Waals surface area contributed by atoms with Crippen molar-refractivity contribution in [1.29, 1.82) is 0 Å². The zero-order valence-corrected chi connectivity index (χ0v) is 20.2. The average molecular weight is 530 g/mol. The molecule has 0 saturated carbocycles. The minimum atomic E-state index is -1.21. The van der Waals surface area contributed by atoms with Crippen LogP contribution in [0, 0.1) is 30.3 Å². The molecular formula is C26H22N6O7. The van der Waals surface area contributed by atoms with Gasteiger partial charge in [-0.15, -0.1) is 0 Å². The third-order valence-electron chi connectivity index (χ3n) is 4.98. The van der Waals surface area contributed by atoms with Crippen molar-refractivity contribution in [3.8, 4) is 5.75 Å². The van der Waals surface area contributed by atoms with Crippen LogP contribution in [-0.2, 0) is 0 Å². The molecule has 39 heavy (non-hydrogen) atoms. The number of nitro benzene ring substituents is 3. The van der Waals surface area contributed by atoms with E-state index < -0.39 is 37.6 Å². The quantitative estimate of drug-likeness (QED) is 0.105. The van der Waals surface area contributed by atoms with Crippen LogP contribution in [-0.4, -0.2) is 32.3 Å². The van der Waals surface area contributed by atoms with Crippen molar-refractivity contribution in [3.63, 3.8) is 0 Å². The molecule has 0 bridgehead atoms. The summed E-state index contributed by atoms with van der Waals surface area (Å²) in [5, 5.41) is 47.0. The molecule has 0 fully saturated rings. The molecule has 0 unspecified atom stereocenters. The predicted molar refractivity (Wildman–Crippen MR) is 147 cm³/mol. The van der Waals surface area contributed by atoms with Crippen molar-refractivity contribution >= 4 is 40.0 Å². The van der Waals surface area contributed by atoms with Crippen LogP contribution >= 0.6 is 0 Å². The van der Waals surface area contributed by atoms with Crippen LogP contribution in [0.25, 0.3) is 0 Å². The maximum Gasteiger partial charge on any atom is 0.324 e. The summed E-state index contributed by atoms with van der Waals surface area (Å²) in [6, 6.07) is 31.1. The van der Waals surface area contributed by atoms with Gasteiger partial charge in [0, 0.05) is 11.4 Å². The van der Waals surface area contributed by atoms with Gasteiger partial charge in [-0.1, -0.05) is 54.6 Å². The van der Waals surface area contributed by atoms with E-state index in [0.29, 0.717) is 18.7 Å². The molecular weight excluding hydrogens is 508 g/mol. The van der Waals surface area contributed by atoms with Crippen molar-refractivity contribution in [2.75, 3.05) is 17.2 Å². The van der Waals surface area contributed by atoms with E-state index in [1.165, 1.54) is 0 Å². The van der Waals surface area contributed by atoms with E-state index in [-0.39, 0.29) is 0 Å². The minimum absolute atomic E-state index is 0.447. The molecule has 198 valence electrons. The van der Waals surface area contributed by atoms with Gasteiger partial charge in [0.1, 0.15) is 5.84 Å². The molecule has 3 N–H and O–H groups in total. The topological polar surface area (TPSA) is 186 Å². The molecule has 4 aromatic carbocycles. The second kappa shape index (κ2) is 13.5. The van der Waals surface area contributed by atoms with Crippen LogP contribution in [0.5, 0.6) is 5.75 Å². The zero-order chi connectivity index (χ0) is 28.2. The lowest BCUT2D eigenvalue weighted by Crippen LogP contribution is -2.22. The Balaban J connectivity index is 0.000000231. The number of anilines is 2. The number of nitrogens with zero attached hydrogens (tertiary/aromatic N) is 4. The highest BCUT2D eigenvalue weighted by atomic mass is 16.6. The Bertz CT molecular complexity index is 1430. The van der Waals surface area contributed by atoms with Crippen molar-refractivity contribution in [1.82, 2.24) is 0 Å². The fraction of sp³-hybridized carbons (Fsp3) is 0.0385. The van der Waals surface area contributed by atoms with Gasteiger partial charge in [-0.05, 0) is 36.4 Å². The number of phenols is 1. The number of phenolic OH excluding ortho intramolecular Hbond substituents is 1. The van der Waals surface area contributed by atoms with Crippen molar-refractivity contribution in [2.45, 2.75) is 0 Å². The SMILES string of the molecule is O=[N+]([O-])c1cc([N+](=O)[O-])c(O)c([N+](=O)[O-])c1.c1ccc(N=C(CNc2ccccc2)Nc2ccccc2)cc1. The van der Waals surface area contributed by atoms with E-state index in [0.717, 1.165) is 22.9 Å². The largest absolute Gasteiger partial charge is 0.497 e. The third-order valence-corrected chi connectivity index (χ3v) is 4.98. The maximum absolute atomic E-state index is 10.4. The summed E-state index contributed by atoms with van der Waals surface area (Å²) >= 11 is 0. The summed E-state index contributed by atoms with van der Waals surface area (Å²) < 4.78 is 0. The number of hydrogen-bond acceptors (Lipinski definition) is 9. The molecule has 4 aromatic rings. The van der Waals surface area contributed by atoms with Gasteiger partial charge >= 0.3 is 11.4 Å².